The molecule has 2 heterocycles. The van der Waals surface area contributed by atoms with E-state index in [0.29, 0.717) is 23.5 Å². The summed E-state index contributed by atoms with van der Waals surface area (Å²) >= 11 is 0. The minimum absolute atomic E-state index is 0.0933. The van der Waals surface area contributed by atoms with Gasteiger partial charge in [-0.3, -0.25) is 9.69 Å². The largest absolute Gasteiger partial charge is 0.489 e. The van der Waals surface area contributed by atoms with Gasteiger partial charge in [0.05, 0.1) is 29.8 Å². The second-order valence-electron chi connectivity index (χ2n) is 8.60. The Balaban J connectivity index is 1.34. The van der Waals surface area contributed by atoms with Crippen LogP contribution in [-0.2, 0) is 11.3 Å². The van der Waals surface area contributed by atoms with E-state index in [4.69, 9.17) is 14.5 Å². The van der Waals surface area contributed by atoms with Crippen molar-refractivity contribution in [1.82, 2.24) is 14.5 Å². The Bertz CT molecular complexity index is 1300. The van der Waals surface area contributed by atoms with Crippen molar-refractivity contribution in [2.24, 2.45) is 0 Å². The second-order valence-corrected chi connectivity index (χ2v) is 8.60. The van der Waals surface area contributed by atoms with Gasteiger partial charge in [-0.1, -0.05) is 42.5 Å². The van der Waals surface area contributed by atoms with Crippen molar-refractivity contribution in [3.63, 3.8) is 0 Å². The maximum atomic E-state index is 13.5. The van der Waals surface area contributed by atoms with Crippen LogP contribution in [0.15, 0.2) is 83.7 Å². The van der Waals surface area contributed by atoms with Crippen LogP contribution < -0.4 is 15.6 Å². The number of para-hydroxylation sites is 1. The standard InChI is InChI=1S/C28H30N4O3/c33-27-25-9-4-5-10-26(25)30-28(29-15-6-16-31-17-19-34-20-18-31)32(27)23-11-13-24(14-12-23)35-21-22-7-2-1-3-8-22/h1-5,7-14H,6,15-21H2,(H,29,30). The SMILES string of the molecule is O=c1c2ccccc2nc(NCCCN2CCOCC2)n1-c1ccc(OCc2ccccc2)cc1. The van der Waals surface area contributed by atoms with Gasteiger partial charge in [-0.05, 0) is 54.9 Å². The quantitative estimate of drug-likeness (QED) is 0.372. The highest BCUT2D eigenvalue weighted by molar-refractivity contribution is 5.79. The minimum atomic E-state index is -0.0933. The van der Waals surface area contributed by atoms with Gasteiger partial charge in [0.25, 0.3) is 5.56 Å². The van der Waals surface area contributed by atoms with E-state index in [2.05, 4.69) is 10.2 Å². The van der Waals surface area contributed by atoms with E-state index in [9.17, 15) is 4.79 Å². The normalized spacial score (nSPS) is 14.2. The van der Waals surface area contributed by atoms with Gasteiger partial charge in [-0.25, -0.2) is 9.55 Å². The fraction of sp³-hybridized carbons (Fsp3) is 0.286. The third-order valence-corrected chi connectivity index (χ3v) is 6.16. The number of hydrogen-bond acceptors (Lipinski definition) is 6. The first-order valence-corrected chi connectivity index (χ1v) is 12.1. The molecule has 3 aromatic carbocycles. The average Bonchev–Trinajstić information content (AvgIpc) is 2.92. The molecule has 0 atom stereocenters. The van der Waals surface area contributed by atoms with Crippen molar-refractivity contribution in [2.45, 2.75) is 13.0 Å². The maximum Gasteiger partial charge on any atom is 0.267 e. The zero-order valence-corrected chi connectivity index (χ0v) is 19.7. The third kappa shape index (κ3) is 5.70. The molecule has 1 aromatic heterocycles. The van der Waals surface area contributed by atoms with Crippen molar-refractivity contribution in [1.29, 1.82) is 0 Å². The third-order valence-electron chi connectivity index (χ3n) is 6.16. The summed E-state index contributed by atoms with van der Waals surface area (Å²) in [5.41, 5.74) is 2.45. The highest BCUT2D eigenvalue weighted by Gasteiger charge is 2.14. The van der Waals surface area contributed by atoms with Crippen LogP contribution in [0, 0.1) is 0 Å². The van der Waals surface area contributed by atoms with E-state index < -0.39 is 0 Å². The Morgan fingerprint density at radius 3 is 2.46 bits per heavy atom. The summed E-state index contributed by atoms with van der Waals surface area (Å²) in [6, 6.07) is 25.1. The first kappa shape index (κ1) is 23.1. The van der Waals surface area contributed by atoms with E-state index in [1.807, 2.05) is 78.9 Å². The number of anilines is 1. The molecular formula is C28H30N4O3. The van der Waals surface area contributed by atoms with Gasteiger partial charge < -0.3 is 14.8 Å². The van der Waals surface area contributed by atoms with Gasteiger partial charge in [0.1, 0.15) is 12.4 Å². The molecule has 0 radical (unpaired) electrons. The predicted molar refractivity (Wildman–Crippen MR) is 138 cm³/mol. The van der Waals surface area contributed by atoms with Gasteiger partial charge in [-0.15, -0.1) is 0 Å². The van der Waals surface area contributed by atoms with Gasteiger partial charge in [-0.2, -0.15) is 0 Å². The highest BCUT2D eigenvalue weighted by Crippen LogP contribution is 2.20. The lowest BCUT2D eigenvalue weighted by Gasteiger charge is -2.26. The number of benzene rings is 3. The number of rotatable bonds is 9. The topological polar surface area (TPSA) is 68.6 Å². The fourth-order valence-corrected chi connectivity index (χ4v) is 4.25. The molecule has 4 aromatic rings. The van der Waals surface area contributed by atoms with Gasteiger partial charge in [0, 0.05) is 19.6 Å². The van der Waals surface area contributed by atoms with Crippen LogP contribution in [0.1, 0.15) is 12.0 Å². The summed E-state index contributed by atoms with van der Waals surface area (Å²) in [6.07, 6.45) is 0.953. The summed E-state index contributed by atoms with van der Waals surface area (Å²) in [5, 5.41) is 4.00. The fourth-order valence-electron chi connectivity index (χ4n) is 4.25. The van der Waals surface area contributed by atoms with Crippen LogP contribution in [0.2, 0.25) is 0 Å². The Hall–Kier alpha value is -3.68. The Morgan fingerprint density at radius 2 is 1.66 bits per heavy atom. The molecule has 180 valence electrons. The molecule has 7 heteroatoms. The van der Waals surface area contributed by atoms with Crippen LogP contribution in [0.4, 0.5) is 5.95 Å². The van der Waals surface area contributed by atoms with Crippen LogP contribution >= 0.6 is 0 Å². The molecule has 1 fully saturated rings. The van der Waals surface area contributed by atoms with Gasteiger partial charge >= 0.3 is 0 Å². The lowest BCUT2D eigenvalue weighted by atomic mass is 10.2. The number of morpholine rings is 1. The summed E-state index contributed by atoms with van der Waals surface area (Å²) in [5.74, 6) is 1.30. The highest BCUT2D eigenvalue weighted by atomic mass is 16.5. The lowest BCUT2D eigenvalue weighted by molar-refractivity contribution is 0.0378. The Labute approximate surface area is 204 Å². The molecule has 0 saturated carbocycles. The smallest absolute Gasteiger partial charge is 0.267 e. The van der Waals surface area contributed by atoms with Crippen molar-refractivity contribution >= 4 is 16.9 Å². The molecule has 1 saturated heterocycles. The van der Waals surface area contributed by atoms with E-state index in [1.165, 1.54) is 0 Å². The average molecular weight is 471 g/mol. The van der Waals surface area contributed by atoms with E-state index >= 15 is 0 Å². The van der Waals surface area contributed by atoms with E-state index in [1.54, 1.807) is 4.57 Å². The van der Waals surface area contributed by atoms with Crippen molar-refractivity contribution < 1.29 is 9.47 Å². The molecule has 7 nitrogen and oxygen atoms in total. The lowest BCUT2D eigenvalue weighted by Crippen LogP contribution is -2.37. The van der Waals surface area contributed by atoms with Crippen LogP contribution in [0.25, 0.3) is 16.6 Å². The number of hydrogen-bond donors (Lipinski definition) is 1. The summed E-state index contributed by atoms with van der Waals surface area (Å²) < 4.78 is 13.0. The molecule has 5 rings (SSSR count). The van der Waals surface area contributed by atoms with Gasteiger partial charge in [0.2, 0.25) is 5.95 Å². The zero-order chi connectivity index (χ0) is 23.9. The number of nitrogens with one attached hydrogen (secondary N) is 1. The van der Waals surface area contributed by atoms with Crippen LogP contribution in [0.3, 0.4) is 0 Å². The first-order chi connectivity index (χ1) is 17.3. The molecular weight excluding hydrogens is 440 g/mol. The first-order valence-electron chi connectivity index (χ1n) is 12.1. The van der Waals surface area contributed by atoms with Crippen LogP contribution in [-0.4, -0.2) is 53.8 Å². The summed E-state index contributed by atoms with van der Waals surface area (Å²) in [4.78, 5) is 20.6. The van der Waals surface area contributed by atoms with Crippen molar-refractivity contribution in [3.05, 3.63) is 94.8 Å². The maximum absolute atomic E-state index is 13.5. The monoisotopic (exact) mass is 470 g/mol. The molecule has 1 aliphatic rings. The number of aromatic nitrogens is 2. The number of fused-ring (bicyclic) bond motifs is 1. The van der Waals surface area contributed by atoms with E-state index in [-0.39, 0.29) is 5.56 Å². The number of ether oxygens (including phenoxy) is 2. The molecule has 35 heavy (non-hydrogen) atoms. The molecule has 0 aliphatic carbocycles. The summed E-state index contributed by atoms with van der Waals surface area (Å²) in [6.45, 7) is 5.74. The van der Waals surface area contributed by atoms with Crippen LogP contribution in [0.5, 0.6) is 5.75 Å². The minimum Gasteiger partial charge on any atom is -0.489 e. The molecule has 0 unspecified atom stereocenters. The van der Waals surface area contributed by atoms with Gasteiger partial charge in [0.15, 0.2) is 0 Å². The molecule has 1 N–H and O–H groups in total. The zero-order valence-electron chi connectivity index (χ0n) is 19.7. The number of nitrogens with zero attached hydrogens (tertiary/aromatic N) is 3. The second kappa shape index (κ2) is 11.2. The molecule has 0 bridgehead atoms. The van der Waals surface area contributed by atoms with Crippen molar-refractivity contribution in [3.8, 4) is 11.4 Å². The van der Waals surface area contributed by atoms with Crippen molar-refractivity contribution in [2.75, 3.05) is 44.7 Å². The van der Waals surface area contributed by atoms with E-state index in [0.717, 1.165) is 62.8 Å². The Morgan fingerprint density at radius 1 is 0.914 bits per heavy atom. The molecule has 1 aliphatic heterocycles. The predicted octanol–water partition coefficient (Wildman–Crippen LogP) is 4.10. The molecule has 0 spiro atoms. The summed E-state index contributed by atoms with van der Waals surface area (Å²) in [7, 11) is 0. The Kier molecular flexibility index (Phi) is 7.36. The molecule has 0 amide bonds.